The average molecular weight is 551 g/mol. The van der Waals surface area contributed by atoms with E-state index in [9.17, 15) is 26.7 Å². The summed E-state index contributed by atoms with van der Waals surface area (Å²) in [6, 6.07) is 13.7. The predicted molar refractivity (Wildman–Crippen MR) is 138 cm³/mol. The summed E-state index contributed by atoms with van der Waals surface area (Å²) in [5.74, 6) is -9.60. The van der Waals surface area contributed by atoms with E-state index in [0.29, 0.717) is 36.7 Å². The Kier molecular flexibility index (Phi) is 8.30. The second kappa shape index (κ2) is 11.6. The molecule has 0 radical (unpaired) electrons. The van der Waals surface area contributed by atoms with Crippen LogP contribution in [0.15, 0.2) is 48.5 Å². The van der Waals surface area contributed by atoms with Gasteiger partial charge in [0.15, 0.2) is 28.4 Å². The lowest BCUT2D eigenvalue weighted by Gasteiger charge is -2.37. The molecule has 0 aliphatic carbocycles. The lowest BCUT2D eigenvalue weighted by molar-refractivity contribution is 0.0977. The van der Waals surface area contributed by atoms with Gasteiger partial charge in [0.2, 0.25) is 5.82 Å². The maximum absolute atomic E-state index is 14.2. The quantitative estimate of drug-likeness (QED) is 0.190. The molecule has 0 atom stereocenters. The van der Waals surface area contributed by atoms with Crippen LogP contribution in [0.25, 0.3) is 0 Å². The Morgan fingerprint density at radius 2 is 1.45 bits per heavy atom. The van der Waals surface area contributed by atoms with Crippen LogP contribution in [0.2, 0.25) is 0 Å². The fraction of sp³-hybridized carbons (Fsp3) is 0.231. The van der Waals surface area contributed by atoms with Crippen molar-refractivity contribution < 1.29 is 31.5 Å². The zero-order valence-electron chi connectivity index (χ0n) is 20.2. The van der Waals surface area contributed by atoms with Crippen molar-refractivity contribution in [2.45, 2.75) is 6.92 Å². The van der Waals surface area contributed by atoms with Gasteiger partial charge in [0.1, 0.15) is 11.4 Å². The maximum atomic E-state index is 14.2. The van der Waals surface area contributed by atoms with Crippen LogP contribution in [0, 0.1) is 29.1 Å². The van der Waals surface area contributed by atoms with Crippen molar-refractivity contribution in [2.75, 3.05) is 47.9 Å². The van der Waals surface area contributed by atoms with Crippen molar-refractivity contribution >= 4 is 40.3 Å². The molecule has 4 rings (SSSR count). The highest BCUT2D eigenvalue weighted by atomic mass is 32.1. The molecule has 0 spiro atoms. The fourth-order valence-corrected chi connectivity index (χ4v) is 4.26. The summed E-state index contributed by atoms with van der Waals surface area (Å²) >= 11 is 5.23. The first kappa shape index (κ1) is 27.1. The van der Waals surface area contributed by atoms with Crippen LogP contribution in [0.5, 0.6) is 5.75 Å². The summed E-state index contributed by atoms with van der Waals surface area (Å²) in [7, 11) is 0. The van der Waals surface area contributed by atoms with E-state index in [-0.39, 0.29) is 18.2 Å². The van der Waals surface area contributed by atoms with Gasteiger partial charge in [-0.3, -0.25) is 10.1 Å². The smallest absolute Gasteiger partial charge is 0.257 e. The standard InChI is InChI=1S/C26H23F5N4O2S/c1-2-37-18-5-3-4-15(14-18)25(36)33-26(38)32-16-6-8-17(9-7-16)34-10-12-35(13-11-34)24-22(30)20(28)19(27)21(29)23(24)31/h3-9,14H,2,10-13H2,1H3,(H2,32,33,36,38). The molecule has 0 bridgehead atoms. The average Bonchev–Trinajstić information content (AvgIpc) is 2.92. The van der Waals surface area contributed by atoms with Crippen LogP contribution >= 0.6 is 12.2 Å². The number of hydrogen-bond donors (Lipinski definition) is 2. The molecule has 1 fully saturated rings. The molecule has 0 aromatic heterocycles. The van der Waals surface area contributed by atoms with Crippen LogP contribution in [0.3, 0.4) is 0 Å². The first-order chi connectivity index (χ1) is 18.2. The Morgan fingerprint density at radius 3 is 2.05 bits per heavy atom. The molecule has 12 heteroatoms. The van der Waals surface area contributed by atoms with E-state index in [1.165, 1.54) is 0 Å². The lowest BCUT2D eigenvalue weighted by Crippen LogP contribution is -2.47. The van der Waals surface area contributed by atoms with Crippen LogP contribution in [0.4, 0.5) is 39.0 Å². The third-order valence-corrected chi connectivity index (χ3v) is 6.11. The molecule has 1 amide bonds. The minimum atomic E-state index is -2.18. The molecule has 3 aromatic carbocycles. The van der Waals surface area contributed by atoms with Gasteiger partial charge in [0, 0.05) is 43.1 Å². The second-order valence-electron chi connectivity index (χ2n) is 8.31. The van der Waals surface area contributed by atoms with Gasteiger partial charge in [-0.25, -0.2) is 22.0 Å². The van der Waals surface area contributed by atoms with Gasteiger partial charge in [-0.2, -0.15) is 0 Å². The Hall–Kier alpha value is -3.93. The Bertz CT molecular complexity index is 1320. The molecule has 200 valence electrons. The predicted octanol–water partition coefficient (Wildman–Crippen LogP) is 5.23. The highest BCUT2D eigenvalue weighted by Crippen LogP contribution is 2.31. The summed E-state index contributed by atoms with van der Waals surface area (Å²) in [5.41, 5.74) is 0.874. The summed E-state index contributed by atoms with van der Waals surface area (Å²) in [6.07, 6.45) is 0. The van der Waals surface area contributed by atoms with Crippen molar-refractivity contribution in [3.8, 4) is 5.75 Å². The van der Waals surface area contributed by atoms with Gasteiger partial charge in [-0.05, 0) is 61.6 Å². The molecule has 1 aliphatic heterocycles. The minimum absolute atomic E-state index is 0.0545. The number of nitrogens with one attached hydrogen (secondary N) is 2. The summed E-state index contributed by atoms with van der Waals surface area (Å²) in [6.45, 7) is 3.01. The molecule has 6 nitrogen and oxygen atoms in total. The van der Waals surface area contributed by atoms with Crippen LogP contribution < -0.4 is 25.2 Å². The number of rotatable bonds is 6. The van der Waals surface area contributed by atoms with Crippen molar-refractivity contribution in [3.05, 3.63) is 83.2 Å². The number of carbonyl (C=O) groups excluding carboxylic acids is 1. The fourth-order valence-electron chi connectivity index (χ4n) is 4.05. The van der Waals surface area contributed by atoms with Crippen LogP contribution in [0.1, 0.15) is 17.3 Å². The SMILES string of the molecule is CCOc1cccc(C(=O)NC(=S)Nc2ccc(N3CCN(c4c(F)c(F)c(F)c(F)c4F)CC3)cc2)c1. The van der Waals surface area contributed by atoms with E-state index >= 15 is 0 Å². The van der Waals surface area contributed by atoms with E-state index in [1.807, 2.05) is 11.8 Å². The number of hydrogen-bond acceptors (Lipinski definition) is 5. The second-order valence-corrected chi connectivity index (χ2v) is 8.72. The Morgan fingerprint density at radius 1 is 0.868 bits per heavy atom. The molecule has 0 saturated carbocycles. The number of nitrogens with zero attached hydrogens (tertiary/aromatic N) is 2. The minimum Gasteiger partial charge on any atom is -0.494 e. The van der Waals surface area contributed by atoms with E-state index in [0.717, 1.165) is 10.6 Å². The molecule has 3 aromatic rings. The van der Waals surface area contributed by atoms with E-state index in [2.05, 4.69) is 10.6 Å². The maximum Gasteiger partial charge on any atom is 0.257 e. The lowest BCUT2D eigenvalue weighted by atomic mass is 10.2. The molecular formula is C26H23F5N4O2S. The van der Waals surface area contributed by atoms with Crippen molar-refractivity contribution in [3.63, 3.8) is 0 Å². The van der Waals surface area contributed by atoms with E-state index in [1.54, 1.807) is 48.5 Å². The number of anilines is 3. The zero-order valence-corrected chi connectivity index (χ0v) is 21.0. The normalized spacial score (nSPS) is 13.3. The number of ether oxygens (including phenoxy) is 1. The Balaban J connectivity index is 1.33. The van der Waals surface area contributed by atoms with Gasteiger partial charge in [-0.1, -0.05) is 6.07 Å². The van der Waals surface area contributed by atoms with Gasteiger partial charge < -0.3 is 19.9 Å². The van der Waals surface area contributed by atoms with Crippen molar-refractivity contribution in [2.24, 2.45) is 0 Å². The highest BCUT2D eigenvalue weighted by Gasteiger charge is 2.30. The third-order valence-electron chi connectivity index (χ3n) is 5.91. The monoisotopic (exact) mass is 550 g/mol. The van der Waals surface area contributed by atoms with Gasteiger partial charge in [-0.15, -0.1) is 0 Å². The van der Waals surface area contributed by atoms with Crippen LogP contribution in [-0.4, -0.2) is 43.8 Å². The first-order valence-electron chi connectivity index (χ1n) is 11.7. The van der Waals surface area contributed by atoms with E-state index in [4.69, 9.17) is 17.0 Å². The number of amides is 1. The first-order valence-corrected chi connectivity index (χ1v) is 12.1. The van der Waals surface area contributed by atoms with Crippen molar-refractivity contribution in [1.29, 1.82) is 0 Å². The zero-order chi connectivity index (χ0) is 27.4. The molecule has 0 unspecified atom stereocenters. The van der Waals surface area contributed by atoms with Gasteiger partial charge in [0.05, 0.1) is 6.61 Å². The number of carbonyl (C=O) groups is 1. The third kappa shape index (κ3) is 5.80. The number of benzene rings is 3. The van der Waals surface area contributed by atoms with E-state index < -0.39 is 40.7 Å². The number of piperazine rings is 1. The molecule has 1 saturated heterocycles. The van der Waals surface area contributed by atoms with Crippen LogP contribution in [-0.2, 0) is 0 Å². The summed E-state index contributed by atoms with van der Waals surface area (Å²) in [4.78, 5) is 15.5. The van der Waals surface area contributed by atoms with Gasteiger partial charge in [0.25, 0.3) is 5.91 Å². The summed E-state index contributed by atoms with van der Waals surface area (Å²) < 4.78 is 74.2. The Labute approximate surface area is 221 Å². The molecule has 1 aliphatic rings. The number of thiocarbonyl (C=S) groups is 1. The highest BCUT2D eigenvalue weighted by molar-refractivity contribution is 7.80. The molecule has 2 N–H and O–H groups in total. The van der Waals surface area contributed by atoms with Crippen molar-refractivity contribution in [1.82, 2.24) is 5.32 Å². The van der Waals surface area contributed by atoms with Gasteiger partial charge >= 0.3 is 0 Å². The largest absolute Gasteiger partial charge is 0.494 e. The topological polar surface area (TPSA) is 56.8 Å². The molecule has 38 heavy (non-hydrogen) atoms. The summed E-state index contributed by atoms with van der Waals surface area (Å²) in [5, 5.41) is 5.63. The molecule has 1 heterocycles. The number of halogens is 5. The molecular weight excluding hydrogens is 527 g/mol.